The molecule has 1 saturated carbocycles. The zero-order valence-corrected chi connectivity index (χ0v) is 13.4. The molecule has 1 aliphatic carbocycles. The van der Waals surface area contributed by atoms with E-state index in [1.807, 2.05) is 24.3 Å². The molecule has 2 atom stereocenters. The van der Waals surface area contributed by atoms with E-state index in [-0.39, 0.29) is 24.9 Å². The summed E-state index contributed by atoms with van der Waals surface area (Å²) >= 11 is 0. The predicted octanol–water partition coefficient (Wildman–Crippen LogP) is 4.14. The summed E-state index contributed by atoms with van der Waals surface area (Å²) in [4.78, 5) is 13.6. The third kappa shape index (κ3) is 3.94. The van der Waals surface area contributed by atoms with Gasteiger partial charge in [0.15, 0.2) is 0 Å². The van der Waals surface area contributed by atoms with Crippen molar-refractivity contribution in [1.29, 1.82) is 0 Å². The largest absolute Gasteiger partial charge is 0.391 e. The van der Waals surface area contributed by atoms with Crippen LogP contribution in [0.2, 0.25) is 0 Å². The van der Waals surface area contributed by atoms with Crippen LogP contribution in [0.25, 0.3) is 0 Å². The van der Waals surface area contributed by atoms with E-state index < -0.39 is 12.1 Å². The van der Waals surface area contributed by atoms with E-state index in [9.17, 15) is 18.0 Å². The third-order valence-corrected chi connectivity index (χ3v) is 4.75. The number of benzene rings is 1. The zero-order chi connectivity index (χ0) is 17.2. The van der Waals surface area contributed by atoms with Crippen molar-refractivity contribution in [3.05, 3.63) is 24.3 Å². The van der Waals surface area contributed by atoms with Crippen LogP contribution in [0.3, 0.4) is 0 Å². The van der Waals surface area contributed by atoms with Gasteiger partial charge in [-0.1, -0.05) is 12.5 Å². The standard InChI is InChI=1S/C17H22F3N3O/c18-17(19,20)12-4-1-5-13(10-12)22-14-6-2-7-15(11-14)23-9-3-8-21-16(23)24/h2,6-7,11-13,22H,1,3-5,8-10H2,(H,21,24)/t12-,13-/m0/s1. The Hall–Kier alpha value is -1.92. The molecule has 2 aliphatic rings. The minimum absolute atomic E-state index is 0.109. The summed E-state index contributed by atoms with van der Waals surface area (Å²) in [7, 11) is 0. The van der Waals surface area contributed by atoms with Crippen molar-refractivity contribution in [2.75, 3.05) is 23.3 Å². The van der Waals surface area contributed by atoms with Crippen LogP contribution in [0.1, 0.15) is 32.1 Å². The number of alkyl halides is 3. The summed E-state index contributed by atoms with van der Waals surface area (Å²) in [5.41, 5.74) is 1.53. The van der Waals surface area contributed by atoms with Crippen molar-refractivity contribution < 1.29 is 18.0 Å². The van der Waals surface area contributed by atoms with Crippen LogP contribution in [0.4, 0.5) is 29.3 Å². The average molecular weight is 341 g/mol. The van der Waals surface area contributed by atoms with Gasteiger partial charge in [0.1, 0.15) is 0 Å². The van der Waals surface area contributed by atoms with Crippen molar-refractivity contribution in [3.63, 3.8) is 0 Å². The van der Waals surface area contributed by atoms with Gasteiger partial charge in [-0.3, -0.25) is 4.90 Å². The molecule has 1 saturated heterocycles. The van der Waals surface area contributed by atoms with Crippen LogP contribution in [-0.2, 0) is 0 Å². The second-order valence-electron chi connectivity index (χ2n) is 6.53. The van der Waals surface area contributed by atoms with Crippen molar-refractivity contribution in [2.45, 2.75) is 44.3 Å². The molecule has 1 aromatic rings. The Morgan fingerprint density at radius 2 is 2.04 bits per heavy atom. The van der Waals surface area contributed by atoms with Gasteiger partial charge in [-0.15, -0.1) is 0 Å². The minimum Gasteiger partial charge on any atom is -0.382 e. The zero-order valence-electron chi connectivity index (χ0n) is 13.4. The molecule has 1 aliphatic heterocycles. The van der Waals surface area contributed by atoms with E-state index in [1.54, 1.807) is 4.90 Å². The number of amides is 2. The monoisotopic (exact) mass is 341 g/mol. The number of rotatable bonds is 3. The molecule has 132 valence electrons. The second-order valence-corrected chi connectivity index (χ2v) is 6.53. The molecule has 0 spiro atoms. The maximum Gasteiger partial charge on any atom is 0.391 e. The number of carbonyl (C=O) groups is 1. The Balaban J connectivity index is 1.67. The molecule has 7 heteroatoms. The smallest absolute Gasteiger partial charge is 0.382 e. The lowest BCUT2D eigenvalue weighted by atomic mass is 9.85. The molecule has 0 bridgehead atoms. The molecule has 0 aromatic heterocycles. The van der Waals surface area contributed by atoms with Gasteiger partial charge in [-0.25, -0.2) is 4.79 Å². The highest BCUT2D eigenvalue weighted by molar-refractivity contribution is 5.93. The summed E-state index contributed by atoms with van der Waals surface area (Å²) in [6.07, 6.45) is -1.60. The highest BCUT2D eigenvalue weighted by Crippen LogP contribution is 2.38. The molecule has 3 rings (SSSR count). The first-order chi connectivity index (χ1) is 11.4. The first-order valence-corrected chi connectivity index (χ1v) is 8.42. The number of halogens is 3. The molecule has 2 fully saturated rings. The van der Waals surface area contributed by atoms with Crippen molar-refractivity contribution in [3.8, 4) is 0 Å². The van der Waals surface area contributed by atoms with E-state index >= 15 is 0 Å². The van der Waals surface area contributed by atoms with Gasteiger partial charge in [0.2, 0.25) is 0 Å². The number of nitrogens with zero attached hydrogens (tertiary/aromatic N) is 1. The SMILES string of the molecule is O=C1NCCCN1c1cccc(N[C@H]2CCC[C@H](C(F)(F)F)C2)c1. The Bertz CT molecular complexity index is 591. The van der Waals surface area contributed by atoms with Crippen LogP contribution in [0.15, 0.2) is 24.3 Å². The summed E-state index contributed by atoms with van der Waals surface area (Å²) in [5.74, 6) is -1.22. The summed E-state index contributed by atoms with van der Waals surface area (Å²) in [5, 5.41) is 6.01. The van der Waals surface area contributed by atoms with Crippen LogP contribution >= 0.6 is 0 Å². The maximum atomic E-state index is 12.9. The molecular weight excluding hydrogens is 319 g/mol. The normalized spacial score (nSPS) is 25.3. The van der Waals surface area contributed by atoms with Crippen molar-refractivity contribution >= 4 is 17.4 Å². The van der Waals surface area contributed by atoms with Crippen molar-refractivity contribution in [2.24, 2.45) is 5.92 Å². The van der Waals surface area contributed by atoms with Gasteiger partial charge >= 0.3 is 12.2 Å². The third-order valence-electron chi connectivity index (χ3n) is 4.75. The predicted molar refractivity (Wildman–Crippen MR) is 87.2 cm³/mol. The van der Waals surface area contributed by atoms with E-state index in [1.165, 1.54) is 0 Å². The molecule has 0 unspecified atom stereocenters. The van der Waals surface area contributed by atoms with Gasteiger partial charge in [0.25, 0.3) is 0 Å². The maximum absolute atomic E-state index is 12.9. The van der Waals surface area contributed by atoms with Gasteiger partial charge < -0.3 is 10.6 Å². The second kappa shape index (κ2) is 6.91. The van der Waals surface area contributed by atoms with Crippen molar-refractivity contribution in [1.82, 2.24) is 5.32 Å². The quantitative estimate of drug-likeness (QED) is 0.868. The fourth-order valence-corrected chi connectivity index (χ4v) is 3.49. The molecule has 2 N–H and O–H groups in total. The number of nitrogens with one attached hydrogen (secondary N) is 2. The van der Waals surface area contributed by atoms with Crippen LogP contribution < -0.4 is 15.5 Å². The van der Waals surface area contributed by atoms with E-state index in [2.05, 4.69) is 10.6 Å². The van der Waals surface area contributed by atoms with E-state index in [0.717, 1.165) is 24.2 Å². The number of hydrogen-bond donors (Lipinski definition) is 2. The topological polar surface area (TPSA) is 44.4 Å². The fourth-order valence-electron chi connectivity index (χ4n) is 3.49. The molecule has 4 nitrogen and oxygen atoms in total. The molecule has 0 radical (unpaired) electrons. The highest BCUT2D eigenvalue weighted by Gasteiger charge is 2.42. The average Bonchev–Trinajstić information content (AvgIpc) is 2.55. The summed E-state index contributed by atoms with van der Waals surface area (Å²) < 4.78 is 38.8. The molecule has 24 heavy (non-hydrogen) atoms. The Morgan fingerprint density at radius 3 is 2.79 bits per heavy atom. The minimum atomic E-state index is -4.12. The van der Waals surface area contributed by atoms with Gasteiger partial charge in [-0.2, -0.15) is 13.2 Å². The Morgan fingerprint density at radius 1 is 1.21 bits per heavy atom. The Kier molecular flexibility index (Phi) is 4.87. The lowest BCUT2D eigenvalue weighted by Gasteiger charge is -2.32. The number of anilines is 2. The van der Waals surface area contributed by atoms with Crippen LogP contribution in [0, 0.1) is 5.92 Å². The molecular formula is C17H22F3N3O. The fraction of sp³-hybridized carbons (Fsp3) is 0.588. The summed E-state index contributed by atoms with van der Waals surface area (Å²) in [6, 6.07) is 7.02. The first kappa shape index (κ1) is 16.9. The van der Waals surface area contributed by atoms with Gasteiger partial charge in [0.05, 0.1) is 5.92 Å². The van der Waals surface area contributed by atoms with E-state index in [4.69, 9.17) is 0 Å². The highest BCUT2D eigenvalue weighted by atomic mass is 19.4. The molecule has 2 amide bonds. The lowest BCUT2D eigenvalue weighted by molar-refractivity contribution is -0.182. The number of hydrogen-bond acceptors (Lipinski definition) is 2. The molecule has 1 heterocycles. The number of urea groups is 1. The Labute approximate surface area is 139 Å². The number of carbonyl (C=O) groups excluding carboxylic acids is 1. The lowest BCUT2D eigenvalue weighted by Crippen LogP contribution is -2.46. The van der Waals surface area contributed by atoms with E-state index in [0.29, 0.717) is 19.5 Å². The molecule has 1 aromatic carbocycles. The van der Waals surface area contributed by atoms with Crippen LogP contribution in [-0.4, -0.2) is 31.3 Å². The van der Waals surface area contributed by atoms with Gasteiger partial charge in [0, 0.05) is 30.5 Å². The van der Waals surface area contributed by atoms with Gasteiger partial charge in [-0.05, 0) is 43.9 Å². The van der Waals surface area contributed by atoms with Crippen LogP contribution in [0.5, 0.6) is 0 Å². The first-order valence-electron chi connectivity index (χ1n) is 8.42. The summed E-state index contributed by atoms with van der Waals surface area (Å²) in [6.45, 7) is 1.32.